The first-order valence-corrected chi connectivity index (χ1v) is 5.39. The van der Waals surface area contributed by atoms with Crippen molar-refractivity contribution in [3.05, 3.63) is 53.4 Å². The summed E-state index contributed by atoms with van der Waals surface area (Å²) in [7, 11) is 0. The lowest BCUT2D eigenvalue weighted by Crippen LogP contribution is -2.04. The molecule has 0 aliphatic rings. The van der Waals surface area contributed by atoms with Gasteiger partial charge in [0.05, 0.1) is 30.1 Å². The van der Waals surface area contributed by atoms with Crippen molar-refractivity contribution in [2.24, 2.45) is 0 Å². The van der Waals surface area contributed by atoms with E-state index in [-0.39, 0.29) is 0 Å². The van der Waals surface area contributed by atoms with Crippen LogP contribution in [-0.4, -0.2) is 9.97 Å². The van der Waals surface area contributed by atoms with Gasteiger partial charge < -0.3 is 5.32 Å². The Labute approximate surface area is 104 Å². The minimum Gasteiger partial charge on any atom is -0.379 e. The highest BCUT2D eigenvalue weighted by molar-refractivity contribution is 5.55. The van der Waals surface area contributed by atoms with E-state index in [1.165, 1.54) is 6.07 Å². The van der Waals surface area contributed by atoms with Crippen molar-refractivity contribution in [2.75, 3.05) is 5.32 Å². The van der Waals surface area contributed by atoms with E-state index in [0.717, 1.165) is 5.69 Å². The molecule has 0 amide bonds. The van der Waals surface area contributed by atoms with E-state index in [1.807, 2.05) is 6.07 Å². The number of hydrogen-bond acceptors (Lipinski definition) is 4. The van der Waals surface area contributed by atoms with E-state index < -0.39 is 5.82 Å². The van der Waals surface area contributed by atoms with E-state index >= 15 is 0 Å². The normalized spacial score (nSPS) is 9.83. The second-order valence-electron chi connectivity index (χ2n) is 3.79. The molecule has 0 spiro atoms. The number of anilines is 1. The number of halogens is 1. The zero-order valence-corrected chi connectivity index (χ0v) is 9.81. The third-order valence-electron chi connectivity index (χ3n) is 2.55. The number of rotatable bonds is 3. The van der Waals surface area contributed by atoms with Crippen LogP contribution in [0.15, 0.2) is 30.7 Å². The van der Waals surface area contributed by atoms with Gasteiger partial charge in [-0.2, -0.15) is 5.26 Å². The predicted octanol–water partition coefficient (Wildman–Crippen LogP) is 2.41. The molecule has 1 heterocycles. The highest BCUT2D eigenvalue weighted by atomic mass is 19.1. The standard InChI is InChI=1S/C13H11FN4/c1-9-12(14)4-10(6-15)5-13(9)18-8-11-7-16-2-3-17-11/h2-5,7,18H,8H2,1H3. The molecule has 5 heteroatoms. The topological polar surface area (TPSA) is 61.6 Å². The molecule has 0 saturated carbocycles. The number of nitrogens with zero attached hydrogens (tertiary/aromatic N) is 3. The second kappa shape index (κ2) is 5.23. The van der Waals surface area contributed by atoms with Crippen LogP contribution in [0.1, 0.15) is 16.8 Å². The van der Waals surface area contributed by atoms with Crippen molar-refractivity contribution in [1.29, 1.82) is 5.26 Å². The minimum absolute atomic E-state index is 0.291. The van der Waals surface area contributed by atoms with Crippen molar-refractivity contribution in [3.63, 3.8) is 0 Å². The summed E-state index contributed by atoms with van der Waals surface area (Å²) in [5.41, 5.74) is 2.12. The van der Waals surface area contributed by atoms with Crippen molar-refractivity contribution in [1.82, 2.24) is 9.97 Å². The molecule has 0 aliphatic heterocycles. The Morgan fingerprint density at radius 2 is 2.22 bits per heavy atom. The average molecular weight is 242 g/mol. The Morgan fingerprint density at radius 1 is 1.39 bits per heavy atom. The molecule has 0 bridgehead atoms. The summed E-state index contributed by atoms with van der Waals surface area (Å²) >= 11 is 0. The third-order valence-corrected chi connectivity index (χ3v) is 2.55. The van der Waals surface area contributed by atoms with Crippen molar-refractivity contribution >= 4 is 5.69 Å². The summed E-state index contributed by atoms with van der Waals surface area (Å²) in [6.45, 7) is 2.10. The number of hydrogen-bond donors (Lipinski definition) is 1. The number of nitrogens with one attached hydrogen (secondary N) is 1. The van der Waals surface area contributed by atoms with Gasteiger partial charge in [-0.3, -0.25) is 9.97 Å². The molecule has 4 nitrogen and oxygen atoms in total. The number of nitriles is 1. The first-order valence-electron chi connectivity index (χ1n) is 5.39. The van der Waals surface area contributed by atoms with Gasteiger partial charge in [-0.05, 0) is 19.1 Å². The predicted molar refractivity (Wildman–Crippen MR) is 65.2 cm³/mol. The minimum atomic E-state index is -0.393. The largest absolute Gasteiger partial charge is 0.379 e. The van der Waals surface area contributed by atoms with Crippen molar-refractivity contribution < 1.29 is 4.39 Å². The van der Waals surface area contributed by atoms with Gasteiger partial charge in [-0.1, -0.05) is 0 Å². The molecule has 0 radical (unpaired) electrons. The summed E-state index contributed by atoms with van der Waals surface area (Å²) in [5.74, 6) is -0.393. The Kier molecular flexibility index (Phi) is 3.49. The molecule has 2 aromatic rings. The Balaban J connectivity index is 2.19. The fraction of sp³-hybridized carbons (Fsp3) is 0.154. The Morgan fingerprint density at radius 3 is 2.89 bits per heavy atom. The average Bonchev–Trinajstić information content (AvgIpc) is 2.41. The summed E-state index contributed by atoms with van der Waals surface area (Å²) in [6.07, 6.45) is 4.81. The van der Waals surface area contributed by atoms with E-state index in [9.17, 15) is 4.39 Å². The quantitative estimate of drug-likeness (QED) is 0.897. The summed E-state index contributed by atoms with van der Waals surface area (Å²) in [5, 5.41) is 11.8. The van der Waals surface area contributed by atoms with Crippen LogP contribution in [0.2, 0.25) is 0 Å². The molecule has 0 aliphatic carbocycles. The lowest BCUT2D eigenvalue weighted by molar-refractivity contribution is 0.618. The van der Waals surface area contributed by atoms with Crippen molar-refractivity contribution in [3.8, 4) is 6.07 Å². The highest BCUT2D eigenvalue weighted by Crippen LogP contribution is 2.20. The summed E-state index contributed by atoms with van der Waals surface area (Å²) in [4.78, 5) is 8.05. The molecule has 0 saturated heterocycles. The molecular weight excluding hydrogens is 231 g/mol. The van der Waals surface area contributed by atoms with Gasteiger partial charge in [0.15, 0.2) is 0 Å². The van der Waals surface area contributed by atoms with Crippen molar-refractivity contribution in [2.45, 2.75) is 13.5 Å². The lowest BCUT2D eigenvalue weighted by atomic mass is 10.1. The smallest absolute Gasteiger partial charge is 0.129 e. The third kappa shape index (κ3) is 2.61. The zero-order valence-electron chi connectivity index (χ0n) is 9.81. The van der Waals surface area contributed by atoms with Gasteiger partial charge in [-0.15, -0.1) is 0 Å². The van der Waals surface area contributed by atoms with E-state index in [4.69, 9.17) is 5.26 Å². The molecule has 90 valence electrons. The maximum absolute atomic E-state index is 13.5. The van der Waals surface area contributed by atoms with Gasteiger partial charge in [-0.25, -0.2) is 4.39 Å². The number of benzene rings is 1. The van der Waals surface area contributed by atoms with Crippen LogP contribution in [0.25, 0.3) is 0 Å². The van der Waals surface area contributed by atoms with Crippen LogP contribution < -0.4 is 5.32 Å². The first kappa shape index (κ1) is 12.0. The van der Waals surface area contributed by atoms with Crippen LogP contribution in [0, 0.1) is 24.1 Å². The maximum Gasteiger partial charge on any atom is 0.129 e. The number of aromatic nitrogens is 2. The fourth-order valence-electron chi connectivity index (χ4n) is 1.53. The maximum atomic E-state index is 13.5. The molecule has 2 rings (SSSR count). The molecule has 0 unspecified atom stereocenters. The van der Waals surface area contributed by atoms with Gasteiger partial charge >= 0.3 is 0 Å². The van der Waals surface area contributed by atoms with Crippen LogP contribution in [0.3, 0.4) is 0 Å². The Hall–Kier alpha value is -2.48. The molecular formula is C13H11FN4. The summed E-state index contributed by atoms with van der Waals surface area (Å²) in [6, 6.07) is 4.77. The lowest BCUT2D eigenvalue weighted by Gasteiger charge is -2.10. The highest BCUT2D eigenvalue weighted by Gasteiger charge is 2.07. The van der Waals surface area contributed by atoms with E-state index in [1.54, 1.807) is 31.6 Å². The molecule has 0 fully saturated rings. The first-order chi connectivity index (χ1) is 8.70. The molecule has 1 aromatic carbocycles. The zero-order chi connectivity index (χ0) is 13.0. The Bertz CT molecular complexity index is 590. The fourth-order valence-corrected chi connectivity index (χ4v) is 1.53. The molecule has 1 N–H and O–H groups in total. The van der Waals surface area contributed by atoms with Gasteiger partial charge in [0.2, 0.25) is 0 Å². The van der Waals surface area contributed by atoms with Gasteiger partial charge in [0.25, 0.3) is 0 Å². The van der Waals surface area contributed by atoms with Gasteiger partial charge in [0, 0.05) is 23.6 Å². The SMILES string of the molecule is Cc1c(F)cc(C#N)cc1NCc1cnccn1. The van der Waals surface area contributed by atoms with Crippen LogP contribution in [0.5, 0.6) is 0 Å². The molecule has 0 atom stereocenters. The van der Waals surface area contributed by atoms with Crippen LogP contribution in [-0.2, 0) is 6.54 Å². The van der Waals surface area contributed by atoms with Gasteiger partial charge in [0.1, 0.15) is 5.82 Å². The van der Waals surface area contributed by atoms with Crippen LogP contribution in [0.4, 0.5) is 10.1 Å². The van der Waals surface area contributed by atoms with E-state index in [0.29, 0.717) is 23.4 Å². The summed E-state index contributed by atoms with van der Waals surface area (Å²) < 4.78 is 13.5. The van der Waals surface area contributed by atoms with Crippen LogP contribution >= 0.6 is 0 Å². The monoisotopic (exact) mass is 242 g/mol. The van der Waals surface area contributed by atoms with E-state index in [2.05, 4.69) is 15.3 Å². The molecule has 18 heavy (non-hydrogen) atoms. The second-order valence-corrected chi connectivity index (χ2v) is 3.79. The molecule has 1 aromatic heterocycles.